The third-order valence-electron chi connectivity index (χ3n) is 3.66. The summed E-state index contributed by atoms with van der Waals surface area (Å²) in [5, 5.41) is 3.04. The van der Waals surface area contributed by atoms with Crippen LogP contribution in [0.1, 0.15) is 43.2 Å². The first-order chi connectivity index (χ1) is 9.90. The number of benzene rings is 1. The number of hydrogen-bond acceptors (Lipinski definition) is 2. The molecule has 21 heavy (non-hydrogen) atoms. The van der Waals surface area contributed by atoms with Crippen LogP contribution in [-0.2, 0) is 11.8 Å². The zero-order valence-electron chi connectivity index (χ0n) is 13.4. The van der Waals surface area contributed by atoms with Crippen molar-refractivity contribution >= 4 is 5.70 Å². The smallest absolute Gasteiger partial charge is 0.0857 e. The highest BCUT2D eigenvalue weighted by molar-refractivity contribution is 5.58. The van der Waals surface area contributed by atoms with Crippen LogP contribution in [0.2, 0.25) is 0 Å². The number of hydrogen-bond donors (Lipinski definition) is 1. The number of nitrogens with one attached hydrogen (secondary N) is 1. The molecule has 0 saturated heterocycles. The standard InChI is InChI=1S/C19H24N2/c1-14(20-5)18-13-16(10-11-21-18)12-15-6-8-17(9-7-15)19(2,3)4/h6-11,13,20H,1,12H2,2-5H3. The summed E-state index contributed by atoms with van der Waals surface area (Å²) in [6.07, 6.45) is 2.76. The maximum atomic E-state index is 4.34. The summed E-state index contributed by atoms with van der Waals surface area (Å²) in [4.78, 5) is 4.34. The van der Waals surface area contributed by atoms with Crippen molar-refractivity contribution in [3.05, 3.63) is 71.6 Å². The number of nitrogens with zero attached hydrogens (tertiary/aromatic N) is 1. The van der Waals surface area contributed by atoms with Gasteiger partial charge in [-0.15, -0.1) is 0 Å². The Morgan fingerprint density at radius 2 is 1.76 bits per heavy atom. The Labute approximate surface area is 127 Å². The maximum Gasteiger partial charge on any atom is 0.0857 e. The van der Waals surface area contributed by atoms with Gasteiger partial charge in [0.1, 0.15) is 0 Å². The quantitative estimate of drug-likeness (QED) is 0.909. The zero-order valence-corrected chi connectivity index (χ0v) is 13.4. The maximum absolute atomic E-state index is 4.34. The molecule has 0 radical (unpaired) electrons. The van der Waals surface area contributed by atoms with Crippen LogP contribution in [0.15, 0.2) is 49.2 Å². The average molecular weight is 280 g/mol. The Hall–Kier alpha value is -2.09. The summed E-state index contributed by atoms with van der Waals surface area (Å²) in [6.45, 7) is 10.7. The van der Waals surface area contributed by atoms with E-state index in [2.05, 4.69) is 74.0 Å². The third kappa shape index (κ3) is 3.94. The minimum Gasteiger partial charge on any atom is -0.387 e. The largest absolute Gasteiger partial charge is 0.387 e. The normalized spacial score (nSPS) is 11.2. The highest BCUT2D eigenvalue weighted by Gasteiger charge is 2.12. The molecular formula is C19H24N2. The van der Waals surface area contributed by atoms with Crippen molar-refractivity contribution < 1.29 is 0 Å². The summed E-state index contributed by atoms with van der Waals surface area (Å²) in [7, 11) is 1.86. The lowest BCUT2D eigenvalue weighted by molar-refractivity contribution is 0.590. The van der Waals surface area contributed by atoms with Crippen molar-refractivity contribution in [3.8, 4) is 0 Å². The van der Waals surface area contributed by atoms with E-state index in [0.717, 1.165) is 17.8 Å². The summed E-state index contributed by atoms with van der Waals surface area (Å²) in [5.41, 5.74) is 5.88. The molecule has 0 fully saturated rings. The molecule has 0 saturated carbocycles. The SMILES string of the molecule is C=C(NC)c1cc(Cc2ccc(C(C)(C)C)cc2)ccn1. The first-order valence-electron chi connectivity index (χ1n) is 7.31. The van der Waals surface area contributed by atoms with Gasteiger partial charge in [-0.25, -0.2) is 0 Å². The molecule has 2 heteroatoms. The Morgan fingerprint density at radius 3 is 2.33 bits per heavy atom. The summed E-state index contributed by atoms with van der Waals surface area (Å²) >= 11 is 0. The van der Waals surface area contributed by atoms with Crippen LogP contribution in [0.4, 0.5) is 0 Å². The van der Waals surface area contributed by atoms with Crippen molar-refractivity contribution in [1.82, 2.24) is 10.3 Å². The molecule has 0 bridgehead atoms. The van der Waals surface area contributed by atoms with E-state index in [-0.39, 0.29) is 5.41 Å². The van der Waals surface area contributed by atoms with Crippen LogP contribution >= 0.6 is 0 Å². The van der Waals surface area contributed by atoms with E-state index in [9.17, 15) is 0 Å². The lowest BCUT2D eigenvalue weighted by Crippen LogP contribution is -2.10. The summed E-state index contributed by atoms with van der Waals surface area (Å²) in [6, 6.07) is 13.0. The molecule has 0 aliphatic carbocycles. The summed E-state index contributed by atoms with van der Waals surface area (Å²) < 4.78 is 0. The van der Waals surface area contributed by atoms with Gasteiger partial charge in [0.2, 0.25) is 0 Å². The van der Waals surface area contributed by atoms with E-state index in [1.165, 1.54) is 16.7 Å². The molecule has 0 spiro atoms. The van der Waals surface area contributed by atoms with Gasteiger partial charge in [0.15, 0.2) is 0 Å². The fraction of sp³-hybridized carbons (Fsp3) is 0.316. The Balaban J connectivity index is 2.17. The van der Waals surface area contributed by atoms with Crippen molar-refractivity contribution in [2.24, 2.45) is 0 Å². The van der Waals surface area contributed by atoms with Crippen LogP contribution in [-0.4, -0.2) is 12.0 Å². The number of rotatable bonds is 4. The molecule has 110 valence electrons. The molecule has 2 aromatic rings. The predicted molar refractivity (Wildman–Crippen MR) is 90.3 cm³/mol. The van der Waals surface area contributed by atoms with Gasteiger partial charge in [0.25, 0.3) is 0 Å². The zero-order chi connectivity index (χ0) is 15.5. The second-order valence-electron chi connectivity index (χ2n) is 6.40. The van der Waals surface area contributed by atoms with Gasteiger partial charge in [0.05, 0.1) is 11.4 Å². The van der Waals surface area contributed by atoms with E-state index in [1.54, 1.807) is 0 Å². The summed E-state index contributed by atoms with van der Waals surface area (Å²) in [5.74, 6) is 0. The molecule has 0 aliphatic rings. The molecule has 1 N–H and O–H groups in total. The molecule has 1 heterocycles. The molecule has 0 unspecified atom stereocenters. The van der Waals surface area contributed by atoms with Gasteiger partial charge >= 0.3 is 0 Å². The minimum atomic E-state index is 0.201. The van der Waals surface area contributed by atoms with Crippen molar-refractivity contribution in [2.75, 3.05) is 7.05 Å². The van der Waals surface area contributed by atoms with Gasteiger partial charge in [0, 0.05) is 13.2 Å². The Morgan fingerprint density at radius 1 is 1.10 bits per heavy atom. The average Bonchev–Trinajstić information content (AvgIpc) is 2.46. The van der Waals surface area contributed by atoms with Gasteiger partial charge in [-0.05, 0) is 40.7 Å². The first-order valence-corrected chi connectivity index (χ1v) is 7.31. The van der Waals surface area contributed by atoms with Crippen LogP contribution in [0.3, 0.4) is 0 Å². The van der Waals surface area contributed by atoms with Gasteiger partial charge < -0.3 is 5.32 Å². The minimum absolute atomic E-state index is 0.201. The predicted octanol–water partition coefficient (Wildman–Crippen LogP) is 4.16. The highest BCUT2D eigenvalue weighted by Crippen LogP contribution is 2.23. The van der Waals surface area contributed by atoms with Crippen molar-refractivity contribution in [1.29, 1.82) is 0 Å². The van der Waals surface area contributed by atoms with Crippen molar-refractivity contribution in [2.45, 2.75) is 32.6 Å². The lowest BCUT2D eigenvalue weighted by atomic mass is 9.86. The number of aromatic nitrogens is 1. The molecule has 2 nitrogen and oxygen atoms in total. The van der Waals surface area contributed by atoms with Gasteiger partial charge in [-0.2, -0.15) is 0 Å². The van der Waals surface area contributed by atoms with Crippen molar-refractivity contribution in [3.63, 3.8) is 0 Å². The lowest BCUT2D eigenvalue weighted by Gasteiger charge is -2.19. The van der Waals surface area contributed by atoms with E-state index in [4.69, 9.17) is 0 Å². The van der Waals surface area contributed by atoms with Gasteiger partial charge in [-0.1, -0.05) is 51.6 Å². The van der Waals surface area contributed by atoms with Crippen LogP contribution in [0, 0.1) is 0 Å². The Kier molecular flexibility index (Phi) is 4.46. The highest BCUT2D eigenvalue weighted by atomic mass is 14.9. The van der Waals surface area contributed by atoms with E-state index in [1.807, 2.05) is 13.2 Å². The van der Waals surface area contributed by atoms with Crippen LogP contribution in [0.5, 0.6) is 0 Å². The Bertz CT molecular complexity index is 619. The number of pyridine rings is 1. The van der Waals surface area contributed by atoms with E-state index < -0.39 is 0 Å². The van der Waals surface area contributed by atoms with Crippen LogP contribution < -0.4 is 5.32 Å². The van der Waals surface area contributed by atoms with Gasteiger partial charge in [-0.3, -0.25) is 4.98 Å². The second-order valence-corrected chi connectivity index (χ2v) is 6.40. The fourth-order valence-electron chi connectivity index (χ4n) is 2.24. The topological polar surface area (TPSA) is 24.9 Å². The molecule has 1 aromatic heterocycles. The first kappa shape index (κ1) is 15.3. The molecule has 0 amide bonds. The molecule has 2 rings (SSSR count). The molecule has 0 aliphatic heterocycles. The fourth-order valence-corrected chi connectivity index (χ4v) is 2.24. The molecular weight excluding hydrogens is 256 g/mol. The molecule has 0 atom stereocenters. The van der Waals surface area contributed by atoms with E-state index in [0.29, 0.717) is 0 Å². The third-order valence-corrected chi connectivity index (χ3v) is 3.66. The molecule has 1 aromatic carbocycles. The second kappa shape index (κ2) is 6.13. The van der Waals surface area contributed by atoms with E-state index >= 15 is 0 Å². The monoisotopic (exact) mass is 280 g/mol. The van der Waals surface area contributed by atoms with Crippen LogP contribution in [0.25, 0.3) is 5.70 Å².